The van der Waals surface area contributed by atoms with Gasteiger partial charge in [-0.2, -0.15) is 0 Å². The average Bonchev–Trinajstić information content (AvgIpc) is 4.07. The number of para-hydroxylation sites is 1. The summed E-state index contributed by atoms with van der Waals surface area (Å²) in [6, 6.07) is 111. The van der Waals surface area contributed by atoms with Gasteiger partial charge in [-0.15, -0.1) is 0 Å². The molecule has 17 rings (SSSR count). The van der Waals surface area contributed by atoms with Crippen molar-refractivity contribution in [2.24, 2.45) is 0 Å². The summed E-state index contributed by atoms with van der Waals surface area (Å²) in [5.41, 5.74) is 15.6. The van der Waals surface area contributed by atoms with Crippen molar-refractivity contribution in [2.45, 2.75) is 0 Å². The zero-order valence-electron chi connectivity index (χ0n) is 44.2. The summed E-state index contributed by atoms with van der Waals surface area (Å²) in [7, 11) is 0. The van der Waals surface area contributed by atoms with Gasteiger partial charge in [-0.05, 0) is 209 Å². The lowest BCUT2D eigenvalue weighted by molar-refractivity contribution is 1.18. The largest absolute Gasteiger partial charge is 0.309 e. The quantitative estimate of drug-likeness (QED) is 0.116. The van der Waals surface area contributed by atoms with E-state index in [0.29, 0.717) is 0 Å². The second-order valence-corrected chi connectivity index (χ2v) is 21.9. The van der Waals surface area contributed by atoms with Gasteiger partial charge in [0.05, 0.1) is 11.0 Å². The Bertz CT molecular complexity index is 5440. The monoisotopic (exact) mass is 1020 g/mol. The Morgan fingerprint density at radius 2 is 0.580 bits per heavy atom. The fourth-order valence-electron chi connectivity index (χ4n) is 13.7. The molecule has 0 amide bonds. The number of aromatic nitrogens is 1. The molecule has 374 valence electrons. The molecule has 0 fully saturated rings. The highest BCUT2D eigenvalue weighted by Crippen LogP contribution is 2.47. The molecule has 81 heavy (non-hydrogen) atoms. The highest BCUT2D eigenvalue weighted by Gasteiger charge is 2.20. The van der Waals surface area contributed by atoms with Crippen molar-refractivity contribution >= 4 is 108 Å². The second kappa shape index (κ2) is 18.0. The van der Waals surface area contributed by atoms with E-state index in [1.807, 2.05) is 0 Å². The van der Waals surface area contributed by atoms with Crippen molar-refractivity contribution in [1.82, 2.24) is 4.57 Å². The SMILES string of the molecule is c1ccc(-c2cccc(-c3cc4c5ccccc5c(-c5ccc6c(c5)c5ccc(-c7ccc(-c8cc9c%10ccccc%10c%10cc%11ccccc%11cc%10c9c9ccccc89)cc7)cc5n6-c5ccccc5)cc4c4ccccc34)c2)cc1. The molecule has 0 saturated carbocycles. The van der Waals surface area contributed by atoms with Gasteiger partial charge in [0.1, 0.15) is 0 Å². The lowest BCUT2D eigenvalue weighted by Gasteiger charge is -2.17. The number of nitrogens with zero attached hydrogens (tertiary/aromatic N) is 1. The van der Waals surface area contributed by atoms with Crippen LogP contribution in [0.15, 0.2) is 297 Å². The van der Waals surface area contributed by atoms with Crippen molar-refractivity contribution in [2.75, 3.05) is 0 Å². The van der Waals surface area contributed by atoms with E-state index >= 15 is 0 Å². The number of benzene rings is 16. The highest BCUT2D eigenvalue weighted by molar-refractivity contribution is 6.34. The molecule has 0 spiro atoms. The van der Waals surface area contributed by atoms with E-state index in [1.54, 1.807) is 0 Å². The molecule has 1 nitrogen and oxygen atoms in total. The molecule has 0 aliphatic rings. The van der Waals surface area contributed by atoms with E-state index < -0.39 is 0 Å². The van der Waals surface area contributed by atoms with Gasteiger partial charge in [0.25, 0.3) is 0 Å². The van der Waals surface area contributed by atoms with Crippen molar-refractivity contribution in [3.05, 3.63) is 297 Å². The molecule has 1 aromatic heterocycles. The number of fused-ring (bicyclic) bond motifs is 17. The first-order valence-electron chi connectivity index (χ1n) is 28.1. The summed E-state index contributed by atoms with van der Waals surface area (Å²) in [4.78, 5) is 0. The minimum Gasteiger partial charge on any atom is -0.309 e. The molecule has 0 N–H and O–H groups in total. The molecule has 0 radical (unpaired) electrons. The molecule has 0 aliphatic heterocycles. The van der Waals surface area contributed by atoms with E-state index in [2.05, 4.69) is 302 Å². The maximum atomic E-state index is 2.45. The lowest BCUT2D eigenvalue weighted by atomic mass is 9.86. The van der Waals surface area contributed by atoms with Crippen molar-refractivity contribution in [3.8, 4) is 61.3 Å². The zero-order valence-corrected chi connectivity index (χ0v) is 44.2. The summed E-state index contributed by atoms with van der Waals surface area (Å²) in [6.45, 7) is 0. The van der Waals surface area contributed by atoms with Gasteiger partial charge in [-0.1, -0.05) is 231 Å². The molecule has 1 heteroatoms. The van der Waals surface area contributed by atoms with Crippen molar-refractivity contribution in [1.29, 1.82) is 0 Å². The van der Waals surface area contributed by atoms with Crippen LogP contribution < -0.4 is 0 Å². The summed E-state index contributed by atoms with van der Waals surface area (Å²) in [5.74, 6) is 0. The Balaban J connectivity index is 0.801. The van der Waals surface area contributed by atoms with E-state index in [-0.39, 0.29) is 0 Å². The molecule has 17 aromatic rings. The van der Waals surface area contributed by atoms with Gasteiger partial charge in [0.2, 0.25) is 0 Å². The van der Waals surface area contributed by atoms with Gasteiger partial charge in [-0.25, -0.2) is 0 Å². The normalized spacial score (nSPS) is 12.0. The van der Waals surface area contributed by atoms with Crippen LogP contribution in [-0.2, 0) is 0 Å². The van der Waals surface area contributed by atoms with E-state index in [1.165, 1.54) is 164 Å². The maximum absolute atomic E-state index is 2.45. The summed E-state index contributed by atoms with van der Waals surface area (Å²) < 4.78 is 2.45. The first-order valence-corrected chi connectivity index (χ1v) is 28.1. The van der Waals surface area contributed by atoms with Crippen LogP contribution in [0.4, 0.5) is 0 Å². The van der Waals surface area contributed by atoms with Crippen LogP contribution in [-0.4, -0.2) is 4.57 Å². The van der Waals surface area contributed by atoms with Gasteiger partial charge in [0.15, 0.2) is 0 Å². The fraction of sp³-hybridized carbons (Fsp3) is 0. The van der Waals surface area contributed by atoms with E-state index in [9.17, 15) is 0 Å². The maximum Gasteiger partial charge on any atom is 0.0547 e. The molecule has 0 aliphatic carbocycles. The molecule has 0 unspecified atom stereocenters. The summed E-state index contributed by atoms with van der Waals surface area (Å²) in [6.07, 6.45) is 0. The van der Waals surface area contributed by atoms with Crippen molar-refractivity contribution < 1.29 is 0 Å². The van der Waals surface area contributed by atoms with Crippen LogP contribution in [0.3, 0.4) is 0 Å². The summed E-state index contributed by atoms with van der Waals surface area (Å²) >= 11 is 0. The Labute approximate surface area is 468 Å². The zero-order chi connectivity index (χ0) is 53.1. The van der Waals surface area contributed by atoms with Gasteiger partial charge >= 0.3 is 0 Å². The van der Waals surface area contributed by atoms with Crippen LogP contribution in [0.1, 0.15) is 0 Å². The third kappa shape index (κ3) is 7.12. The smallest absolute Gasteiger partial charge is 0.0547 e. The Kier molecular flexibility index (Phi) is 10.1. The third-order valence-corrected chi connectivity index (χ3v) is 17.5. The molecule has 0 bridgehead atoms. The third-order valence-electron chi connectivity index (χ3n) is 17.5. The highest BCUT2D eigenvalue weighted by atomic mass is 15.0. The number of hydrogen-bond acceptors (Lipinski definition) is 0. The van der Waals surface area contributed by atoms with Crippen LogP contribution in [0.5, 0.6) is 0 Å². The van der Waals surface area contributed by atoms with Gasteiger partial charge in [-0.3, -0.25) is 0 Å². The Morgan fingerprint density at radius 1 is 0.173 bits per heavy atom. The van der Waals surface area contributed by atoms with E-state index in [0.717, 1.165) is 5.69 Å². The van der Waals surface area contributed by atoms with E-state index in [4.69, 9.17) is 0 Å². The predicted molar refractivity (Wildman–Crippen MR) is 348 cm³/mol. The fourth-order valence-corrected chi connectivity index (χ4v) is 13.7. The van der Waals surface area contributed by atoms with Crippen LogP contribution >= 0.6 is 0 Å². The lowest BCUT2D eigenvalue weighted by Crippen LogP contribution is -1.93. The van der Waals surface area contributed by atoms with Gasteiger partial charge in [0, 0.05) is 16.5 Å². The van der Waals surface area contributed by atoms with Crippen LogP contribution in [0.25, 0.3) is 169 Å². The van der Waals surface area contributed by atoms with Gasteiger partial charge < -0.3 is 4.57 Å². The first-order chi connectivity index (χ1) is 40.2. The molecule has 1 heterocycles. The summed E-state index contributed by atoms with van der Waals surface area (Å²) in [5, 5.41) is 22.8. The number of hydrogen-bond donors (Lipinski definition) is 0. The molecule has 0 saturated heterocycles. The minimum absolute atomic E-state index is 1.14. The number of rotatable bonds is 6. The molecular weight excluding hydrogens is 975 g/mol. The molecule has 0 atom stereocenters. The Morgan fingerprint density at radius 3 is 1.25 bits per heavy atom. The topological polar surface area (TPSA) is 4.93 Å². The predicted octanol–water partition coefficient (Wildman–Crippen LogP) is 22.3. The second-order valence-electron chi connectivity index (χ2n) is 21.9. The first kappa shape index (κ1) is 45.4. The standard InChI is InChI=1S/C80H49N/c1-3-18-50(19-4-1)53-22-17-23-57(42-53)70-47-73-63-29-12-10-27-61(63)71(48-74(73)62-28-11-9-26-60(62)70)58-39-41-78-75(45-58)67-40-38-56(46-79(67)81(78)59-24-5-2-6-25-59)51-34-36-52(37-35-51)69-49-77-65-31-14-13-30-64(65)72-43-54-20-7-8-21-55(54)44-76(72)80(77)68-33-16-15-32-66(68)69/h1-49H. The van der Waals surface area contributed by atoms with Crippen molar-refractivity contribution in [3.63, 3.8) is 0 Å². The minimum atomic E-state index is 1.14. The van der Waals surface area contributed by atoms with Crippen LogP contribution in [0.2, 0.25) is 0 Å². The van der Waals surface area contributed by atoms with Crippen LogP contribution in [0, 0.1) is 0 Å². The molecule has 16 aromatic carbocycles. The average molecular weight is 1020 g/mol. The Hall–Kier alpha value is -10.6. The molecular formula is C80H49N.